The molecule has 0 amide bonds. The van der Waals surface area contributed by atoms with Crippen LogP contribution >= 0.6 is 7.75 Å². The summed E-state index contributed by atoms with van der Waals surface area (Å²) < 4.78 is 9.80. The second-order valence-electron chi connectivity index (χ2n) is 1.07. The first-order valence-electron chi connectivity index (χ1n) is 1.59. The molecule has 6 N–H and O–H groups in total. The molecule has 0 aromatic rings. The Bertz CT molecular complexity index is 142. The van der Waals surface area contributed by atoms with E-state index in [2.05, 4.69) is 5.73 Å². The van der Waals surface area contributed by atoms with Crippen molar-refractivity contribution in [1.29, 1.82) is 5.41 Å². The molecule has 0 heterocycles. The predicted octanol–water partition coefficient (Wildman–Crippen LogP) is -1.44. The molecule has 0 fully saturated rings. The Kier molecular flexibility index (Phi) is 5.18. The van der Waals surface area contributed by atoms with Crippen LogP contribution in [0, 0.1) is 5.41 Å². The molecular formula is CH6N3O3PZn. The number of nitrogens with one attached hydrogen (secondary N) is 2. The van der Waals surface area contributed by atoms with E-state index in [1.165, 1.54) is 5.09 Å². The Hall–Kier alpha value is 0.0434. The third-order valence-corrected chi connectivity index (χ3v) is 0.798. The van der Waals surface area contributed by atoms with Crippen LogP contribution in [0.4, 0.5) is 0 Å². The number of hydrogen-bond donors (Lipinski definition) is 5. The number of nitrogens with two attached hydrogens (primary N) is 1. The molecular weight excluding hydrogens is 198 g/mol. The molecule has 0 unspecified atom stereocenters. The summed E-state index contributed by atoms with van der Waals surface area (Å²) in [5.74, 6) is -0.738. The molecule has 0 spiro atoms. The van der Waals surface area contributed by atoms with Gasteiger partial charge in [-0.15, -0.1) is 0 Å². The maximum atomic E-state index is 9.80. The molecule has 0 aromatic heterocycles. The van der Waals surface area contributed by atoms with Gasteiger partial charge in [0.25, 0.3) is 0 Å². The van der Waals surface area contributed by atoms with Crippen molar-refractivity contribution in [1.82, 2.24) is 5.09 Å². The first-order valence-corrected chi connectivity index (χ1v) is 3.21. The van der Waals surface area contributed by atoms with Gasteiger partial charge in [-0.2, -0.15) is 0 Å². The van der Waals surface area contributed by atoms with Crippen molar-refractivity contribution < 1.29 is 33.8 Å². The van der Waals surface area contributed by atoms with Crippen molar-refractivity contribution in [3.05, 3.63) is 0 Å². The summed E-state index contributed by atoms with van der Waals surface area (Å²) >= 11 is 0. The van der Waals surface area contributed by atoms with Crippen molar-refractivity contribution in [3.63, 3.8) is 0 Å². The monoisotopic (exact) mass is 203 g/mol. The molecule has 8 heteroatoms. The number of hydrogen-bond acceptors (Lipinski definition) is 2. The summed E-state index contributed by atoms with van der Waals surface area (Å²) in [6, 6.07) is 0. The first kappa shape index (κ1) is 11.8. The van der Waals surface area contributed by atoms with Crippen molar-refractivity contribution >= 4 is 13.7 Å². The molecule has 50 valence electrons. The van der Waals surface area contributed by atoms with E-state index >= 15 is 0 Å². The topological polar surface area (TPSA) is 119 Å². The minimum atomic E-state index is -4.32. The minimum Gasteiger partial charge on any atom is -0.370 e. The average molecular weight is 204 g/mol. The second kappa shape index (κ2) is 3.96. The maximum absolute atomic E-state index is 9.80. The van der Waals surface area contributed by atoms with Gasteiger partial charge >= 0.3 is 7.75 Å². The molecule has 0 aromatic carbocycles. The molecule has 0 atom stereocenters. The van der Waals surface area contributed by atoms with Gasteiger partial charge in [-0.25, -0.2) is 4.57 Å². The molecule has 0 radical (unpaired) electrons. The minimum absolute atomic E-state index is 0. The largest absolute Gasteiger partial charge is 0.429 e. The third kappa shape index (κ3) is 11.5. The van der Waals surface area contributed by atoms with Crippen LogP contribution in [0.1, 0.15) is 0 Å². The average Bonchev–Trinajstić information content (AvgIpc) is 1.21. The van der Waals surface area contributed by atoms with Gasteiger partial charge in [-0.1, -0.05) is 0 Å². The molecule has 6 nitrogen and oxygen atoms in total. The van der Waals surface area contributed by atoms with Crippen LogP contribution in [0.25, 0.3) is 0 Å². The van der Waals surface area contributed by atoms with E-state index in [1.54, 1.807) is 0 Å². The van der Waals surface area contributed by atoms with Crippen LogP contribution in [0.5, 0.6) is 0 Å². The Morgan fingerprint density at radius 2 is 2.00 bits per heavy atom. The summed E-state index contributed by atoms with van der Waals surface area (Å²) in [6.45, 7) is 0. The van der Waals surface area contributed by atoms with Crippen LogP contribution in [0.2, 0.25) is 0 Å². The predicted molar refractivity (Wildman–Crippen MR) is 27.1 cm³/mol. The van der Waals surface area contributed by atoms with Gasteiger partial charge in [0.2, 0.25) is 0 Å². The summed E-state index contributed by atoms with van der Waals surface area (Å²) in [4.78, 5) is 15.9. The molecule has 9 heavy (non-hydrogen) atoms. The Morgan fingerprint density at radius 3 is 2.00 bits per heavy atom. The molecule has 0 aliphatic heterocycles. The van der Waals surface area contributed by atoms with Crippen molar-refractivity contribution in [2.45, 2.75) is 0 Å². The molecule has 0 saturated carbocycles. The summed E-state index contributed by atoms with van der Waals surface area (Å²) in [7, 11) is -4.32. The van der Waals surface area contributed by atoms with Crippen LogP contribution in [0.3, 0.4) is 0 Å². The molecule has 0 saturated heterocycles. The van der Waals surface area contributed by atoms with E-state index in [0.717, 1.165) is 0 Å². The zero-order valence-electron chi connectivity index (χ0n) is 4.53. The zero-order chi connectivity index (χ0) is 6.78. The van der Waals surface area contributed by atoms with E-state index in [4.69, 9.17) is 15.2 Å². The van der Waals surface area contributed by atoms with Gasteiger partial charge in [0.05, 0.1) is 0 Å². The fourth-order valence-corrected chi connectivity index (χ4v) is 0.471. The van der Waals surface area contributed by atoms with Crippen LogP contribution < -0.4 is 10.8 Å². The Morgan fingerprint density at radius 1 is 1.67 bits per heavy atom. The third-order valence-electron chi connectivity index (χ3n) is 0.266. The molecule has 0 rings (SSSR count). The van der Waals surface area contributed by atoms with Gasteiger partial charge in [-0.05, 0) is 0 Å². The van der Waals surface area contributed by atoms with Crippen LogP contribution in [-0.4, -0.2) is 15.7 Å². The van der Waals surface area contributed by atoms with Gasteiger partial charge in [0.15, 0.2) is 5.96 Å². The fourth-order valence-electron chi connectivity index (χ4n) is 0.157. The fraction of sp³-hybridized carbons (Fsp3) is 0. The van der Waals surface area contributed by atoms with E-state index in [0.29, 0.717) is 0 Å². The van der Waals surface area contributed by atoms with E-state index in [9.17, 15) is 4.57 Å². The van der Waals surface area contributed by atoms with Crippen molar-refractivity contribution in [2.24, 2.45) is 5.73 Å². The van der Waals surface area contributed by atoms with Gasteiger partial charge in [-0.3, -0.25) is 10.5 Å². The summed E-state index contributed by atoms with van der Waals surface area (Å²) in [6.07, 6.45) is 0. The van der Waals surface area contributed by atoms with Gasteiger partial charge in [0, 0.05) is 19.5 Å². The smallest absolute Gasteiger partial charge is 0.370 e. The van der Waals surface area contributed by atoms with Crippen LogP contribution in [0.15, 0.2) is 0 Å². The maximum Gasteiger partial charge on any atom is 0.429 e. The van der Waals surface area contributed by atoms with Crippen molar-refractivity contribution in [2.75, 3.05) is 0 Å². The quantitative estimate of drug-likeness (QED) is 0.155. The first-order chi connectivity index (χ1) is 3.42. The van der Waals surface area contributed by atoms with Crippen LogP contribution in [-0.2, 0) is 24.0 Å². The number of rotatable bonds is 1. The number of guanidine groups is 1. The SMILES string of the molecule is N=C(N)NP(=O)(O)O.[Zn]. The second-order valence-corrected chi connectivity index (χ2v) is 2.38. The molecule has 0 bridgehead atoms. The summed E-state index contributed by atoms with van der Waals surface area (Å²) in [5, 5.41) is 7.73. The molecule has 0 aliphatic rings. The summed E-state index contributed by atoms with van der Waals surface area (Å²) in [5.41, 5.74) is 4.56. The van der Waals surface area contributed by atoms with E-state index in [-0.39, 0.29) is 19.5 Å². The normalized spacial score (nSPS) is 9.56. The van der Waals surface area contributed by atoms with E-state index in [1.807, 2.05) is 0 Å². The van der Waals surface area contributed by atoms with E-state index < -0.39 is 13.7 Å². The standard InChI is InChI=1S/CH6N3O3P.Zn/c2-1(3)4-8(5,6)7;/h(H6,2,3,4,5,6,7);. The Labute approximate surface area is 64.3 Å². The molecule has 0 aliphatic carbocycles. The Balaban J connectivity index is 0. The van der Waals surface area contributed by atoms with Gasteiger partial charge in [0.1, 0.15) is 0 Å². The van der Waals surface area contributed by atoms with Gasteiger partial charge < -0.3 is 15.5 Å². The van der Waals surface area contributed by atoms with Crippen molar-refractivity contribution in [3.8, 4) is 0 Å². The zero-order valence-corrected chi connectivity index (χ0v) is 8.40.